The summed E-state index contributed by atoms with van der Waals surface area (Å²) in [6.45, 7) is 14.8. The summed E-state index contributed by atoms with van der Waals surface area (Å²) in [4.78, 5) is 15.4. The molecule has 0 aromatic carbocycles. The zero-order valence-electron chi connectivity index (χ0n) is 12.1. The first-order chi connectivity index (χ1) is 8.69. The van der Waals surface area contributed by atoms with Gasteiger partial charge in [0.05, 0.1) is 0 Å². The Hall–Kier alpha value is -1.51. The zero-order chi connectivity index (χ0) is 14.0. The number of amides is 1. The van der Waals surface area contributed by atoms with Gasteiger partial charge in [-0.2, -0.15) is 0 Å². The number of piperazine rings is 1. The second-order valence-electron chi connectivity index (χ2n) is 3.80. The Morgan fingerprint density at radius 3 is 2.00 bits per heavy atom. The normalized spacial score (nSPS) is 16.3. The van der Waals surface area contributed by atoms with E-state index < -0.39 is 0 Å². The van der Waals surface area contributed by atoms with Gasteiger partial charge in [-0.05, 0) is 13.0 Å². The van der Waals surface area contributed by atoms with Gasteiger partial charge >= 0.3 is 0 Å². The first-order valence-corrected chi connectivity index (χ1v) is 6.65. The van der Waals surface area contributed by atoms with Crippen LogP contribution in [0.2, 0.25) is 0 Å². The lowest BCUT2D eigenvalue weighted by Crippen LogP contribution is -2.47. The third kappa shape index (κ3) is 5.21. The molecule has 1 saturated heterocycles. The molecule has 0 aliphatic carbocycles. The summed E-state index contributed by atoms with van der Waals surface area (Å²) in [7, 11) is 0. The number of hydrogen-bond acceptors (Lipinski definition) is 2. The van der Waals surface area contributed by atoms with Crippen LogP contribution in [0.25, 0.3) is 0 Å². The Bertz CT molecular complexity index is 310. The van der Waals surface area contributed by atoms with Crippen molar-refractivity contribution in [3.05, 3.63) is 36.6 Å². The largest absolute Gasteiger partial charge is 0.368 e. The highest BCUT2D eigenvalue weighted by Gasteiger charge is 2.18. The first-order valence-electron chi connectivity index (χ1n) is 6.65. The molecule has 1 rings (SSSR count). The van der Waals surface area contributed by atoms with Crippen LogP contribution in [0.4, 0.5) is 0 Å². The highest BCUT2D eigenvalue weighted by Crippen LogP contribution is 2.11. The highest BCUT2D eigenvalue weighted by molar-refractivity contribution is 5.73. The molecule has 1 aliphatic rings. The second kappa shape index (κ2) is 9.51. The van der Waals surface area contributed by atoms with Gasteiger partial charge in [-0.3, -0.25) is 4.79 Å². The van der Waals surface area contributed by atoms with Gasteiger partial charge < -0.3 is 9.80 Å². The Morgan fingerprint density at radius 1 is 1.11 bits per heavy atom. The van der Waals surface area contributed by atoms with Crippen LogP contribution in [0.5, 0.6) is 0 Å². The van der Waals surface area contributed by atoms with Crippen LogP contribution in [-0.2, 0) is 4.79 Å². The Kier molecular flexibility index (Phi) is 8.71. The number of carbonyl (C=O) groups is 1. The highest BCUT2D eigenvalue weighted by atomic mass is 16.2. The Balaban J connectivity index is 0.00000137. The number of allylic oxidation sites excluding steroid dienone is 4. The van der Waals surface area contributed by atoms with Crippen molar-refractivity contribution in [2.24, 2.45) is 0 Å². The predicted molar refractivity (Wildman–Crippen MR) is 78.3 cm³/mol. The number of rotatable bonds is 3. The molecule has 0 N–H and O–H groups in total. The van der Waals surface area contributed by atoms with Gasteiger partial charge in [0, 0.05) is 38.8 Å². The standard InChI is InChI=1S/C13H20N2O.C2H6/c1-4-6-7-13(5-2)15-10-8-14(9-11-15)12(3)16;1-2/h4-7H,1,8-11H2,2-3H3;1-2H3/b7-6-,13-5+;. The summed E-state index contributed by atoms with van der Waals surface area (Å²) in [6.07, 6.45) is 7.85. The van der Waals surface area contributed by atoms with Crippen molar-refractivity contribution in [2.75, 3.05) is 26.2 Å². The molecule has 0 atom stereocenters. The van der Waals surface area contributed by atoms with E-state index in [1.165, 1.54) is 5.70 Å². The summed E-state index contributed by atoms with van der Waals surface area (Å²) in [5, 5.41) is 0. The molecule has 0 radical (unpaired) electrons. The average molecular weight is 250 g/mol. The lowest BCUT2D eigenvalue weighted by molar-refractivity contribution is -0.130. The van der Waals surface area contributed by atoms with Crippen LogP contribution in [0, 0.1) is 0 Å². The lowest BCUT2D eigenvalue weighted by Gasteiger charge is -2.36. The van der Waals surface area contributed by atoms with Crippen LogP contribution in [0.3, 0.4) is 0 Å². The maximum atomic E-state index is 11.2. The van der Waals surface area contributed by atoms with E-state index in [0.29, 0.717) is 0 Å². The monoisotopic (exact) mass is 250 g/mol. The molecule has 0 unspecified atom stereocenters. The minimum absolute atomic E-state index is 0.170. The fraction of sp³-hybridized carbons (Fsp3) is 0.533. The summed E-state index contributed by atoms with van der Waals surface area (Å²) in [5.74, 6) is 0.170. The number of carbonyl (C=O) groups excluding carboxylic acids is 1. The minimum atomic E-state index is 0.170. The fourth-order valence-corrected chi connectivity index (χ4v) is 1.83. The van der Waals surface area contributed by atoms with Crippen molar-refractivity contribution in [2.45, 2.75) is 27.7 Å². The Morgan fingerprint density at radius 2 is 1.61 bits per heavy atom. The molecule has 1 aliphatic heterocycles. The first kappa shape index (κ1) is 16.5. The quantitative estimate of drug-likeness (QED) is 0.719. The van der Waals surface area contributed by atoms with Gasteiger partial charge in [0.25, 0.3) is 0 Å². The molecule has 1 amide bonds. The van der Waals surface area contributed by atoms with Gasteiger partial charge in [-0.25, -0.2) is 0 Å². The molecule has 0 saturated carbocycles. The van der Waals surface area contributed by atoms with Crippen LogP contribution in [0.15, 0.2) is 36.6 Å². The van der Waals surface area contributed by atoms with Crippen molar-refractivity contribution in [1.82, 2.24) is 9.80 Å². The maximum absolute atomic E-state index is 11.2. The van der Waals surface area contributed by atoms with Gasteiger partial charge in [0.1, 0.15) is 0 Å². The van der Waals surface area contributed by atoms with E-state index in [1.54, 1.807) is 13.0 Å². The van der Waals surface area contributed by atoms with Crippen molar-refractivity contribution in [1.29, 1.82) is 0 Å². The van der Waals surface area contributed by atoms with Crippen LogP contribution < -0.4 is 0 Å². The van der Waals surface area contributed by atoms with Gasteiger partial charge in [0.15, 0.2) is 0 Å². The molecular formula is C15H26N2O. The molecule has 0 bridgehead atoms. The molecule has 0 aromatic heterocycles. The van der Waals surface area contributed by atoms with E-state index in [1.807, 2.05) is 31.7 Å². The number of hydrogen-bond donors (Lipinski definition) is 0. The van der Waals surface area contributed by atoms with E-state index in [0.717, 1.165) is 26.2 Å². The smallest absolute Gasteiger partial charge is 0.219 e. The van der Waals surface area contributed by atoms with E-state index in [-0.39, 0.29) is 5.91 Å². The predicted octanol–water partition coefficient (Wildman–Crippen LogP) is 2.82. The molecule has 18 heavy (non-hydrogen) atoms. The van der Waals surface area contributed by atoms with Gasteiger partial charge in [-0.15, -0.1) is 0 Å². The molecule has 102 valence electrons. The summed E-state index contributed by atoms with van der Waals surface area (Å²) in [5.41, 5.74) is 1.20. The van der Waals surface area contributed by atoms with Crippen molar-refractivity contribution >= 4 is 5.91 Å². The van der Waals surface area contributed by atoms with E-state index >= 15 is 0 Å². The molecule has 0 aromatic rings. The molecule has 3 nitrogen and oxygen atoms in total. The van der Waals surface area contributed by atoms with E-state index in [4.69, 9.17) is 0 Å². The lowest BCUT2D eigenvalue weighted by atomic mass is 10.2. The van der Waals surface area contributed by atoms with Gasteiger partial charge in [0.2, 0.25) is 5.91 Å². The van der Waals surface area contributed by atoms with Crippen LogP contribution >= 0.6 is 0 Å². The van der Waals surface area contributed by atoms with Crippen molar-refractivity contribution < 1.29 is 4.79 Å². The minimum Gasteiger partial charge on any atom is -0.368 e. The van der Waals surface area contributed by atoms with E-state index in [2.05, 4.69) is 23.6 Å². The molecular weight excluding hydrogens is 224 g/mol. The molecule has 1 fully saturated rings. The van der Waals surface area contributed by atoms with Crippen LogP contribution in [0.1, 0.15) is 27.7 Å². The number of nitrogens with zero attached hydrogens (tertiary/aromatic N) is 2. The summed E-state index contributed by atoms with van der Waals surface area (Å²) in [6, 6.07) is 0. The second-order valence-corrected chi connectivity index (χ2v) is 3.80. The van der Waals surface area contributed by atoms with Crippen molar-refractivity contribution in [3.63, 3.8) is 0 Å². The molecule has 3 heteroatoms. The fourth-order valence-electron chi connectivity index (χ4n) is 1.83. The van der Waals surface area contributed by atoms with Gasteiger partial charge in [-0.1, -0.05) is 38.7 Å². The summed E-state index contributed by atoms with van der Waals surface area (Å²) < 4.78 is 0. The molecule has 0 spiro atoms. The summed E-state index contributed by atoms with van der Waals surface area (Å²) >= 11 is 0. The third-order valence-corrected chi connectivity index (χ3v) is 2.79. The SMILES string of the molecule is C=C/C=C\C(=C/C)N1CCN(C(C)=O)CC1.CC. The average Bonchev–Trinajstić information content (AvgIpc) is 2.42. The topological polar surface area (TPSA) is 23.6 Å². The molecule has 1 heterocycles. The Labute approximate surface area is 111 Å². The van der Waals surface area contributed by atoms with Crippen LogP contribution in [-0.4, -0.2) is 41.9 Å². The van der Waals surface area contributed by atoms with E-state index in [9.17, 15) is 4.79 Å². The zero-order valence-corrected chi connectivity index (χ0v) is 12.1. The third-order valence-electron chi connectivity index (χ3n) is 2.79. The van der Waals surface area contributed by atoms with Crippen molar-refractivity contribution in [3.8, 4) is 0 Å². The maximum Gasteiger partial charge on any atom is 0.219 e.